The van der Waals surface area contributed by atoms with Crippen LogP contribution in [0.3, 0.4) is 0 Å². The molecule has 0 radical (unpaired) electrons. The molecule has 3 heteroatoms. The SMILES string of the molecule is Cc1ccccc1CN(C(=O)OC(C)(C)C)c1ccccc1. The Balaban J connectivity index is 2.30. The van der Waals surface area contributed by atoms with E-state index >= 15 is 0 Å². The monoisotopic (exact) mass is 297 g/mol. The van der Waals surface area contributed by atoms with Gasteiger partial charge < -0.3 is 4.74 Å². The van der Waals surface area contributed by atoms with Crippen molar-refractivity contribution in [1.82, 2.24) is 0 Å². The molecular formula is C19H23NO2. The van der Waals surface area contributed by atoms with Crippen LogP contribution in [0.2, 0.25) is 0 Å². The summed E-state index contributed by atoms with van der Waals surface area (Å²) >= 11 is 0. The summed E-state index contributed by atoms with van der Waals surface area (Å²) in [6, 6.07) is 17.7. The summed E-state index contributed by atoms with van der Waals surface area (Å²) in [6.07, 6.45) is -0.332. The van der Waals surface area contributed by atoms with Gasteiger partial charge in [-0.2, -0.15) is 0 Å². The van der Waals surface area contributed by atoms with Crippen molar-refractivity contribution >= 4 is 11.8 Å². The van der Waals surface area contributed by atoms with Gasteiger partial charge in [-0.15, -0.1) is 0 Å². The van der Waals surface area contributed by atoms with Gasteiger partial charge in [0, 0.05) is 5.69 Å². The van der Waals surface area contributed by atoms with Crippen molar-refractivity contribution in [2.75, 3.05) is 4.90 Å². The van der Waals surface area contributed by atoms with E-state index in [1.54, 1.807) is 4.90 Å². The predicted molar refractivity (Wildman–Crippen MR) is 90.0 cm³/mol. The molecular weight excluding hydrogens is 274 g/mol. The van der Waals surface area contributed by atoms with Gasteiger partial charge in [0.15, 0.2) is 0 Å². The molecule has 0 unspecified atom stereocenters. The number of benzene rings is 2. The van der Waals surface area contributed by atoms with E-state index in [-0.39, 0.29) is 6.09 Å². The highest BCUT2D eigenvalue weighted by molar-refractivity contribution is 5.87. The molecule has 0 heterocycles. The number of carbonyl (C=O) groups is 1. The van der Waals surface area contributed by atoms with Gasteiger partial charge in [0.1, 0.15) is 5.60 Å². The first-order chi connectivity index (χ1) is 10.4. The second kappa shape index (κ2) is 6.65. The number of carbonyl (C=O) groups excluding carboxylic acids is 1. The molecule has 116 valence electrons. The summed E-state index contributed by atoms with van der Waals surface area (Å²) in [7, 11) is 0. The second-order valence-electron chi connectivity index (χ2n) is 6.33. The number of nitrogens with zero attached hydrogens (tertiary/aromatic N) is 1. The first-order valence-corrected chi connectivity index (χ1v) is 7.47. The molecule has 0 atom stereocenters. The molecule has 0 aliphatic rings. The number of rotatable bonds is 3. The van der Waals surface area contributed by atoms with Gasteiger partial charge in [0.2, 0.25) is 0 Å². The summed E-state index contributed by atoms with van der Waals surface area (Å²) in [5.41, 5.74) is 2.58. The van der Waals surface area contributed by atoms with Crippen LogP contribution < -0.4 is 4.90 Å². The molecule has 0 fully saturated rings. The molecule has 0 aromatic heterocycles. The van der Waals surface area contributed by atoms with Crippen molar-refractivity contribution in [2.24, 2.45) is 0 Å². The molecule has 0 aliphatic heterocycles. The number of para-hydroxylation sites is 1. The first kappa shape index (κ1) is 16.1. The average molecular weight is 297 g/mol. The third kappa shape index (κ3) is 4.35. The van der Waals surface area contributed by atoms with Crippen LogP contribution in [0.25, 0.3) is 0 Å². The largest absolute Gasteiger partial charge is 0.443 e. The Morgan fingerprint density at radius 3 is 2.18 bits per heavy atom. The maximum absolute atomic E-state index is 12.6. The van der Waals surface area contributed by atoms with Crippen LogP contribution in [0, 0.1) is 6.92 Å². The molecule has 0 spiro atoms. The average Bonchev–Trinajstić information content (AvgIpc) is 2.45. The van der Waals surface area contributed by atoms with Crippen LogP contribution in [-0.2, 0) is 11.3 Å². The fraction of sp³-hybridized carbons (Fsp3) is 0.316. The summed E-state index contributed by atoms with van der Waals surface area (Å²) in [6.45, 7) is 8.17. The van der Waals surface area contributed by atoms with E-state index in [0.29, 0.717) is 6.54 Å². The zero-order valence-corrected chi connectivity index (χ0v) is 13.7. The van der Waals surface area contributed by atoms with Gasteiger partial charge in [-0.05, 0) is 51.0 Å². The van der Waals surface area contributed by atoms with E-state index in [1.807, 2.05) is 82.3 Å². The van der Waals surface area contributed by atoms with E-state index < -0.39 is 5.60 Å². The third-order valence-corrected chi connectivity index (χ3v) is 3.27. The van der Waals surface area contributed by atoms with E-state index in [4.69, 9.17) is 4.74 Å². The third-order valence-electron chi connectivity index (χ3n) is 3.27. The molecule has 22 heavy (non-hydrogen) atoms. The summed E-state index contributed by atoms with van der Waals surface area (Å²) in [5, 5.41) is 0. The highest BCUT2D eigenvalue weighted by atomic mass is 16.6. The quantitative estimate of drug-likeness (QED) is 0.803. The minimum Gasteiger partial charge on any atom is -0.443 e. The van der Waals surface area contributed by atoms with Crippen molar-refractivity contribution in [3.05, 3.63) is 65.7 Å². The number of aryl methyl sites for hydroxylation is 1. The highest BCUT2D eigenvalue weighted by Crippen LogP contribution is 2.21. The Morgan fingerprint density at radius 2 is 1.59 bits per heavy atom. The van der Waals surface area contributed by atoms with E-state index in [9.17, 15) is 4.79 Å². The van der Waals surface area contributed by atoms with E-state index in [2.05, 4.69) is 0 Å². The Hall–Kier alpha value is -2.29. The fourth-order valence-electron chi connectivity index (χ4n) is 2.14. The smallest absolute Gasteiger partial charge is 0.415 e. The second-order valence-corrected chi connectivity index (χ2v) is 6.33. The zero-order valence-electron chi connectivity index (χ0n) is 13.7. The van der Waals surface area contributed by atoms with Gasteiger partial charge in [-0.3, -0.25) is 4.90 Å². The molecule has 0 saturated heterocycles. The van der Waals surface area contributed by atoms with Crippen molar-refractivity contribution in [2.45, 2.75) is 39.8 Å². The van der Waals surface area contributed by atoms with Crippen LogP contribution in [-0.4, -0.2) is 11.7 Å². The summed E-state index contributed by atoms with van der Waals surface area (Å²) in [4.78, 5) is 14.3. The minimum atomic E-state index is -0.518. The van der Waals surface area contributed by atoms with Gasteiger partial charge >= 0.3 is 6.09 Å². The lowest BCUT2D eigenvalue weighted by Crippen LogP contribution is -2.36. The molecule has 0 N–H and O–H groups in total. The first-order valence-electron chi connectivity index (χ1n) is 7.47. The lowest BCUT2D eigenvalue weighted by molar-refractivity contribution is 0.0577. The van der Waals surface area contributed by atoms with E-state index in [0.717, 1.165) is 16.8 Å². The Kier molecular flexibility index (Phi) is 4.86. The normalized spacial score (nSPS) is 11.1. The Morgan fingerprint density at radius 1 is 1.00 bits per heavy atom. The van der Waals surface area contributed by atoms with Crippen LogP contribution in [0.4, 0.5) is 10.5 Å². The van der Waals surface area contributed by atoms with Crippen LogP contribution in [0.1, 0.15) is 31.9 Å². The molecule has 0 saturated carbocycles. The van der Waals surface area contributed by atoms with Crippen molar-refractivity contribution in [1.29, 1.82) is 0 Å². The van der Waals surface area contributed by atoms with Gasteiger partial charge in [-0.1, -0.05) is 42.5 Å². The highest BCUT2D eigenvalue weighted by Gasteiger charge is 2.23. The van der Waals surface area contributed by atoms with E-state index in [1.165, 1.54) is 0 Å². The van der Waals surface area contributed by atoms with Crippen LogP contribution >= 0.6 is 0 Å². The zero-order chi connectivity index (χ0) is 16.2. The maximum Gasteiger partial charge on any atom is 0.415 e. The number of anilines is 1. The van der Waals surface area contributed by atoms with Crippen LogP contribution in [0.15, 0.2) is 54.6 Å². The van der Waals surface area contributed by atoms with Gasteiger partial charge in [0.25, 0.3) is 0 Å². The lowest BCUT2D eigenvalue weighted by Gasteiger charge is -2.28. The topological polar surface area (TPSA) is 29.5 Å². The molecule has 2 aromatic carbocycles. The molecule has 2 rings (SSSR count). The number of ether oxygens (including phenoxy) is 1. The van der Waals surface area contributed by atoms with Crippen molar-refractivity contribution in [3.8, 4) is 0 Å². The van der Waals surface area contributed by atoms with Crippen molar-refractivity contribution in [3.63, 3.8) is 0 Å². The number of hydrogen-bond acceptors (Lipinski definition) is 2. The lowest BCUT2D eigenvalue weighted by atomic mass is 10.1. The summed E-state index contributed by atoms with van der Waals surface area (Å²) < 4.78 is 5.55. The van der Waals surface area contributed by atoms with Gasteiger partial charge in [-0.25, -0.2) is 4.79 Å². The van der Waals surface area contributed by atoms with Crippen LogP contribution in [0.5, 0.6) is 0 Å². The Bertz CT molecular complexity index is 629. The fourth-order valence-corrected chi connectivity index (χ4v) is 2.14. The van der Waals surface area contributed by atoms with Crippen molar-refractivity contribution < 1.29 is 9.53 Å². The molecule has 1 amide bonds. The maximum atomic E-state index is 12.6. The molecule has 2 aromatic rings. The molecule has 0 bridgehead atoms. The number of hydrogen-bond donors (Lipinski definition) is 0. The molecule has 3 nitrogen and oxygen atoms in total. The number of amides is 1. The Labute approximate surface area is 132 Å². The van der Waals surface area contributed by atoms with Gasteiger partial charge in [0.05, 0.1) is 6.54 Å². The minimum absolute atomic E-state index is 0.332. The molecule has 0 aliphatic carbocycles. The standard InChI is InChI=1S/C19H23NO2/c1-15-10-8-9-11-16(15)14-20(17-12-6-5-7-13-17)18(21)22-19(2,3)4/h5-13H,14H2,1-4H3. The summed E-state index contributed by atoms with van der Waals surface area (Å²) in [5.74, 6) is 0. The predicted octanol–water partition coefficient (Wildman–Crippen LogP) is 4.94.